The lowest BCUT2D eigenvalue weighted by Gasteiger charge is -2.17. The number of rotatable bonds is 7. The molecular weight excluding hydrogens is 222 g/mol. The van der Waals surface area contributed by atoms with Crippen molar-refractivity contribution in [2.75, 3.05) is 6.54 Å². The molecule has 0 aliphatic rings. The van der Waals surface area contributed by atoms with Gasteiger partial charge in [0, 0.05) is 6.54 Å². The third-order valence-electron chi connectivity index (χ3n) is 2.91. The summed E-state index contributed by atoms with van der Waals surface area (Å²) in [6.45, 7) is 14.1. The van der Waals surface area contributed by atoms with E-state index in [2.05, 4.69) is 44.8 Å². The van der Waals surface area contributed by atoms with Crippen molar-refractivity contribution >= 4 is 0 Å². The van der Waals surface area contributed by atoms with E-state index in [-0.39, 0.29) is 6.10 Å². The Balaban J connectivity index is 2.80. The molecule has 18 heavy (non-hydrogen) atoms. The SMILES string of the molecule is C=CC(C)Oc1c(C)cc(CNCCC)cc1C. The van der Waals surface area contributed by atoms with Gasteiger partial charge in [-0.05, 0) is 50.4 Å². The van der Waals surface area contributed by atoms with Crippen LogP contribution in [0, 0.1) is 13.8 Å². The molecular formula is C16H25NO. The topological polar surface area (TPSA) is 21.3 Å². The van der Waals surface area contributed by atoms with Crippen LogP contribution in [-0.2, 0) is 6.54 Å². The zero-order chi connectivity index (χ0) is 13.5. The van der Waals surface area contributed by atoms with Crippen LogP contribution in [0.5, 0.6) is 5.75 Å². The molecule has 1 N–H and O–H groups in total. The number of aryl methyl sites for hydroxylation is 2. The zero-order valence-corrected chi connectivity index (χ0v) is 12.0. The van der Waals surface area contributed by atoms with E-state index in [4.69, 9.17) is 4.74 Å². The molecule has 0 bridgehead atoms. The molecule has 1 rings (SSSR count). The van der Waals surface area contributed by atoms with Crippen molar-refractivity contribution in [2.45, 2.75) is 46.8 Å². The molecule has 1 aromatic carbocycles. The molecule has 1 aromatic rings. The van der Waals surface area contributed by atoms with E-state index in [1.165, 1.54) is 16.7 Å². The third-order valence-corrected chi connectivity index (χ3v) is 2.91. The summed E-state index contributed by atoms with van der Waals surface area (Å²) < 4.78 is 5.87. The minimum absolute atomic E-state index is 0.0477. The Kier molecular flexibility index (Phi) is 5.93. The highest BCUT2D eigenvalue weighted by molar-refractivity contribution is 5.43. The molecule has 2 heteroatoms. The lowest BCUT2D eigenvalue weighted by atomic mass is 10.1. The van der Waals surface area contributed by atoms with E-state index in [9.17, 15) is 0 Å². The third kappa shape index (κ3) is 4.19. The van der Waals surface area contributed by atoms with E-state index in [1.54, 1.807) is 0 Å². The fourth-order valence-corrected chi connectivity index (χ4v) is 1.97. The second-order valence-corrected chi connectivity index (χ2v) is 4.79. The van der Waals surface area contributed by atoms with Gasteiger partial charge in [-0.25, -0.2) is 0 Å². The predicted molar refractivity (Wildman–Crippen MR) is 78.2 cm³/mol. The van der Waals surface area contributed by atoms with Crippen LogP contribution >= 0.6 is 0 Å². The Morgan fingerprint density at radius 2 is 1.94 bits per heavy atom. The highest BCUT2D eigenvalue weighted by atomic mass is 16.5. The summed E-state index contributed by atoms with van der Waals surface area (Å²) in [5.74, 6) is 0.988. The van der Waals surface area contributed by atoms with Crippen LogP contribution in [0.25, 0.3) is 0 Å². The molecule has 0 amide bonds. The lowest BCUT2D eigenvalue weighted by Crippen LogP contribution is -2.14. The smallest absolute Gasteiger partial charge is 0.126 e. The fourth-order valence-electron chi connectivity index (χ4n) is 1.97. The van der Waals surface area contributed by atoms with Crippen molar-refractivity contribution in [1.82, 2.24) is 5.32 Å². The Labute approximate surface area is 111 Å². The molecule has 0 spiro atoms. The van der Waals surface area contributed by atoms with Crippen LogP contribution in [0.1, 0.15) is 37.0 Å². The molecule has 0 heterocycles. The van der Waals surface area contributed by atoms with E-state index < -0.39 is 0 Å². The van der Waals surface area contributed by atoms with Gasteiger partial charge in [0.1, 0.15) is 11.9 Å². The van der Waals surface area contributed by atoms with Gasteiger partial charge in [-0.15, -0.1) is 0 Å². The van der Waals surface area contributed by atoms with E-state index >= 15 is 0 Å². The minimum atomic E-state index is 0.0477. The van der Waals surface area contributed by atoms with Crippen LogP contribution in [0.3, 0.4) is 0 Å². The number of benzene rings is 1. The minimum Gasteiger partial charge on any atom is -0.486 e. The standard InChI is InChI=1S/C16H25NO/c1-6-8-17-11-15-9-12(3)16(13(4)10-15)18-14(5)7-2/h7,9-10,14,17H,2,6,8,11H2,1,3-5H3. The number of hydrogen-bond acceptors (Lipinski definition) is 2. The summed E-state index contributed by atoms with van der Waals surface area (Å²) in [5.41, 5.74) is 3.70. The van der Waals surface area contributed by atoms with Gasteiger partial charge in [0.25, 0.3) is 0 Å². The molecule has 0 aliphatic heterocycles. The van der Waals surface area contributed by atoms with Crippen LogP contribution in [0.2, 0.25) is 0 Å². The number of nitrogens with one attached hydrogen (secondary N) is 1. The highest BCUT2D eigenvalue weighted by Gasteiger charge is 2.08. The molecule has 0 radical (unpaired) electrons. The quantitative estimate of drug-likeness (QED) is 0.585. The molecule has 2 nitrogen and oxygen atoms in total. The Bertz CT molecular complexity index is 375. The summed E-state index contributed by atoms with van der Waals surface area (Å²) >= 11 is 0. The van der Waals surface area contributed by atoms with Crippen LogP contribution in [-0.4, -0.2) is 12.6 Å². The molecule has 1 atom stereocenters. The van der Waals surface area contributed by atoms with Crippen molar-refractivity contribution in [3.63, 3.8) is 0 Å². The summed E-state index contributed by atoms with van der Waals surface area (Å²) in [6.07, 6.45) is 3.03. The first kappa shape index (κ1) is 14.8. The Morgan fingerprint density at radius 1 is 1.33 bits per heavy atom. The van der Waals surface area contributed by atoms with E-state index in [1.807, 2.05) is 13.0 Å². The number of hydrogen-bond donors (Lipinski definition) is 1. The van der Waals surface area contributed by atoms with Crippen LogP contribution < -0.4 is 10.1 Å². The fraction of sp³-hybridized carbons (Fsp3) is 0.500. The molecule has 100 valence electrons. The normalized spacial score (nSPS) is 12.2. The van der Waals surface area contributed by atoms with E-state index in [0.29, 0.717) is 0 Å². The van der Waals surface area contributed by atoms with Gasteiger partial charge in [-0.1, -0.05) is 31.7 Å². The van der Waals surface area contributed by atoms with Gasteiger partial charge in [0.2, 0.25) is 0 Å². The summed E-state index contributed by atoms with van der Waals surface area (Å²) in [4.78, 5) is 0. The maximum Gasteiger partial charge on any atom is 0.126 e. The van der Waals surface area contributed by atoms with Gasteiger partial charge in [0.05, 0.1) is 0 Å². The molecule has 1 unspecified atom stereocenters. The number of ether oxygens (including phenoxy) is 1. The van der Waals surface area contributed by atoms with Gasteiger partial charge in [-0.3, -0.25) is 0 Å². The largest absolute Gasteiger partial charge is 0.486 e. The van der Waals surface area contributed by atoms with Crippen molar-refractivity contribution in [2.24, 2.45) is 0 Å². The second-order valence-electron chi connectivity index (χ2n) is 4.79. The van der Waals surface area contributed by atoms with Gasteiger partial charge < -0.3 is 10.1 Å². The summed E-state index contributed by atoms with van der Waals surface area (Å²) in [5, 5.41) is 3.42. The average Bonchev–Trinajstić information content (AvgIpc) is 2.34. The van der Waals surface area contributed by atoms with Gasteiger partial charge in [-0.2, -0.15) is 0 Å². The first-order chi connectivity index (χ1) is 8.58. The first-order valence-electron chi connectivity index (χ1n) is 6.68. The molecule has 0 saturated heterocycles. The zero-order valence-electron chi connectivity index (χ0n) is 12.0. The van der Waals surface area contributed by atoms with Gasteiger partial charge >= 0.3 is 0 Å². The van der Waals surface area contributed by atoms with Crippen molar-refractivity contribution in [3.8, 4) is 5.75 Å². The van der Waals surface area contributed by atoms with Crippen molar-refractivity contribution in [1.29, 1.82) is 0 Å². The Morgan fingerprint density at radius 3 is 2.44 bits per heavy atom. The predicted octanol–water partition coefficient (Wildman–Crippen LogP) is 3.76. The monoisotopic (exact) mass is 247 g/mol. The highest BCUT2D eigenvalue weighted by Crippen LogP contribution is 2.26. The first-order valence-corrected chi connectivity index (χ1v) is 6.68. The maximum atomic E-state index is 5.87. The second kappa shape index (κ2) is 7.22. The van der Waals surface area contributed by atoms with Crippen molar-refractivity contribution < 1.29 is 4.74 Å². The molecule has 0 saturated carbocycles. The Hall–Kier alpha value is -1.28. The molecule has 0 fully saturated rings. The van der Waals surface area contributed by atoms with Crippen molar-refractivity contribution in [3.05, 3.63) is 41.5 Å². The molecule has 0 aromatic heterocycles. The summed E-state index contributed by atoms with van der Waals surface area (Å²) in [7, 11) is 0. The van der Waals surface area contributed by atoms with Gasteiger partial charge in [0.15, 0.2) is 0 Å². The van der Waals surface area contributed by atoms with Crippen LogP contribution in [0.15, 0.2) is 24.8 Å². The van der Waals surface area contributed by atoms with Crippen LogP contribution in [0.4, 0.5) is 0 Å². The maximum absolute atomic E-state index is 5.87. The average molecular weight is 247 g/mol. The summed E-state index contributed by atoms with van der Waals surface area (Å²) in [6, 6.07) is 4.39. The lowest BCUT2D eigenvalue weighted by molar-refractivity contribution is 0.266. The molecule has 0 aliphatic carbocycles. The van der Waals surface area contributed by atoms with E-state index in [0.717, 1.165) is 25.3 Å².